The molecule has 1 fully saturated rings. The molecular weight excluding hydrogens is 550 g/mol. The minimum atomic E-state index is 0.00427. The van der Waals surface area contributed by atoms with Gasteiger partial charge >= 0.3 is 0 Å². The smallest absolute Gasteiger partial charge is 0.254 e. The summed E-state index contributed by atoms with van der Waals surface area (Å²) in [5.74, 6) is 1.12. The zero-order valence-corrected chi connectivity index (χ0v) is 23.0. The molecule has 0 unspecified atom stereocenters. The number of benzene rings is 4. The second kappa shape index (κ2) is 11.4. The summed E-state index contributed by atoms with van der Waals surface area (Å²) in [6.45, 7) is 2.88. The maximum atomic E-state index is 13.8. The standard InChI is InChI=1S/C33H28BrN3O2/c34-27-17-15-24(16-18-27)30-23-35-32(39-30)28-13-7-8-14-29(28)33(38)37-21-19-36(20-22-37)31(25-9-3-1-4-10-25)26-11-5-2-6-12-26/h1-18,23,31H,19-22H2. The van der Waals surface area contributed by atoms with E-state index in [-0.39, 0.29) is 11.9 Å². The van der Waals surface area contributed by atoms with E-state index in [1.165, 1.54) is 11.1 Å². The highest BCUT2D eigenvalue weighted by Gasteiger charge is 2.29. The third kappa shape index (κ3) is 5.44. The minimum Gasteiger partial charge on any atom is -0.436 e. The summed E-state index contributed by atoms with van der Waals surface area (Å²) in [5.41, 5.74) is 4.78. The van der Waals surface area contributed by atoms with Crippen LogP contribution < -0.4 is 0 Å². The van der Waals surface area contributed by atoms with Crippen LogP contribution in [0, 0.1) is 0 Å². The third-order valence-electron chi connectivity index (χ3n) is 7.22. The summed E-state index contributed by atoms with van der Waals surface area (Å²) < 4.78 is 7.12. The Hall–Kier alpha value is -4.00. The highest BCUT2D eigenvalue weighted by molar-refractivity contribution is 9.10. The van der Waals surface area contributed by atoms with E-state index in [2.05, 4.69) is 86.5 Å². The number of rotatable bonds is 6. The molecule has 0 aliphatic carbocycles. The van der Waals surface area contributed by atoms with Gasteiger partial charge in [-0.25, -0.2) is 4.98 Å². The van der Waals surface area contributed by atoms with Gasteiger partial charge in [0.2, 0.25) is 5.89 Å². The summed E-state index contributed by atoms with van der Waals surface area (Å²) in [7, 11) is 0. The number of piperazine rings is 1. The van der Waals surface area contributed by atoms with Crippen LogP contribution >= 0.6 is 15.9 Å². The molecule has 1 saturated heterocycles. The zero-order chi connectivity index (χ0) is 26.6. The Morgan fingerprint density at radius 3 is 1.97 bits per heavy atom. The van der Waals surface area contributed by atoms with Crippen molar-refractivity contribution in [2.24, 2.45) is 0 Å². The molecule has 5 nitrogen and oxygen atoms in total. The Kier molecular flexibility index (Phi) is 7.39. The van der Waals surface area contributed by atoms with Crippen molar-refractivity contribution in [3.63, 3.8) is 0 Å². The molecular formula is C33H28BrN3O2. The van der Waals surface area contributed by atoms with E-state index < -0.39 is 0 Å². The quantitative estimate of drug-likeness (QED) is 0.212. The van der Waals surface area contributed by atoms with Gasteiger partial charge in [0.05, 0.1) is 17.8 Å². The second-order valence-electron chi connectivity index (χ2n) is 9.63. The van der Waals surface area contributed by atoms with Crippen molar-refractivity contribution in [3.8, 4) is 22.8 Å². The summed E-state index contributed by atoms with van der Waals surface area (Å²) in [4.78, 5) is 22.7. The number of carbonyl (C=O) groups excluding carboxylic acids is 1. The van der Waals surface area contributed by atoms with Crippen LogP contribution in [0.15, 0.2) is 124 Å². The minimum absolute atomic E-state index is 0.00427. The fourth-order valence-corrected chi connectivity index (χ4v) is 5.50. The highest BCUT2D eigenvalue weighted by atomic mass is 79.9. The first-order valence-corrected chi connectivity index (χ1v) is 13.9. The second-order valence-corrected chi connectivity index (χ2v) is 10.5. The van der Waals surface area contributed by atoms with Gasteiger partial charge in [0, 0.05) is 41.8 Å². The van der Waals surface area contributed by atoms with Gasteiger partial charge in [-0.2, -0.15) is 0 Å². The van der Waals surface area contributed by atoms with Crippen LogP contribution in [0.2, 0.25) is 0 Å². The van der Waals surface area contributed by atoms with Gasteiger partial charge in [0.15, 0.2) is 5.76 Å². The van der Waals surface area contributed by atoms with Gasteiger partial charge in [0.1, 0.15) is 0 Å². The van der Waals surface area contributed by atoms with E-state index in [4.69, 9.17) is 4.42 Å². The summed E-state index contributed by atoms with van der Waals surface area (Å²) in [5, 5.41) is 0. The number of aromatic nitrogens is 1. The highest BCUT2D eigenvalue weighted by Crippen LogP contribution is 2.32. The third-order valence-corrected chi connectivity index (χ3v) is 7.75. The SMILES string of the molecule is O=C(c1ccccc1-c1ncc(-c2ccc(Br)cc2)o1)N1CCN(C(c2ccccc2)c2ccccc2)CC1. The van der Waals surface area contributed by atoms with Crippen LogP contribution in [0.1, 0.15) is 27.5 Å². The van der Waals surface area contributed by atoms with E-state index in [1.54, 1.807) is 6.20 Å². The number of carbonyl (C=O) groups is 1. The molecule has 1 aliphatic heterocycles. The fourth-order valence-electron chi connectivity index (χ4n) is 5.24. The molecule has 1 aromatic heterocycles. The lowest BCUT2D eigenvalue weighted by atomic mass is 9.96. The topological polar surface area (TPSA) is 49.6 Å². The van der Waals surface area contributed by atoms with Crippen molar-refractivity contribution in [3.05, 3.63) is 137 Å². The van der Waals surface area contributed by atoms with Crippen LogP contribution in [0.4, 0.5) is 0 Å². The Labute approximate surface area is 236 Å². The number of oxazole rings is 1. The first-order chi connectivity index (χ1) is 19.2. The molecule has 6 rings (SSSR count). The monoisotopic (exact) mass is 577 g/mol. The van der Waals surface area contributed by atoms with Crippen LogP contribution in [0.3, 0.4) is 0 Å². The zero-order valence-electron chi connectivity index (χ0n) is 21.4. The Balaban J connectivity index is 1.21. The number of amides is 1. The molecule has 0 saturated carbocycles. The summed E-state index contributed by atoms with van der Waals surface area (Å²) in [6.07, 6.45) is 1.71. The van der Waals surface area contributed by atoms with E-state index >= 15 is 0 Å². The van der Waals surface area contributed by atoms with Gasteiger partial charge in [-0.15, -0.1) is 0 Å². The number of nitrogens with zero attached hydrogens (tertiary/aromatic N) is 3. The van der Waals surface area contributed by atoms with Crippen LogP contribution in [0.25, 0.3) is 22.8 Å². The predicted molar refractivity (Wildman–Crippen MR) is 157 cm³/mol. The van der Waals surface area contributed by atoms with Crippen molar-refractivity contribution >= 4 is 21.8 Å². The van der Waals surface area contributed by atoms with Gasteiger partial charge in [-0.05, 0) is 35.4 Å². The van der Waals surface area contributed by atoms with Crippen molar-refractivity contribution in [2.45, 2.75) is 6.04 Å². The average molecular weight is 579 g/mol. The Bertz CT molecular complexity index is 1500. The van der Waals surface area contributed by atoms with E-state index in [1.807, 2.05) is 53.4 Å². The van der Waals surface area contributed by atoms with Gasteiger partial charge in [-0.3, -0.25) is 9.69 Å². The van der Waals surface area contributed by atoms with Crippen molar-refractivity contribution < 1.29 is 9.21 Å². The first-order valence-electron chi connectivity index (χ1n) is 13.1. The number of halogens is 1. The van der Waals surface area contributed by atoms with Crippen molar-refractivity contribution in [1.82, 2.24) is 14.8 Å². The molecule has 0 N–H and O–H groups in total. The normalized spacial score (nSPS) is 14.1. The van der Waals surface area contributed by atoms with E-state index in [0.717, 1.165) is 23.1 Å². The molecule has 5 aromatic rings. The molecule has 39 heavy (non-hydrogen) atoms. The molecule has 0 radical (unpaired) electrons. The van der Waals surface area contributed by atoms with E-state index in [0.29, 0.717) is 35.9 Å². The van der Waals surface area contributed by atoms with E-state index in [9.17, 15) is 4.79 Å². The lowest BCUT2D eigenvalue weighted by Crippen LogP contribution is -2.50. The molecule has 1 aliphatic rings. The lowest BCUT2D eigenvalue weighted by Gasteiger charge is -2.40. The van der Waals surface area contributed by atoms with Gasteiger partial charge in [-0.1, -0.05) is 101 Å². The van der Waals surface area contributed by atoms with Crippen LogP contribution in [-0.4, -0.2) is 46.9 Å². The maximum Gasteiger partial charge on any atom is 0.254 e. The molecule has 0 spiro atoms. The van der Waals surface area contributed by atoms with Crippen molar-refractivity contribution in [2.75, 3.05) is 26.2 Å². The molecule has 1 amide bonds. The van der Waals surface area contributed by atoms with Crippen molar-refractivity contribution in [1.29, 1.82) is 0 Å². The summed E-state index contributed by atoms with van der Waals surface area (Å²) >= 11 is 3.47. The Morgan fingerprint density at radius 1 is 0.744 bits per heavy atom. The lowest BCUT2D eigenvalue weighted by molar-refractivity contribution is 0.0598. The first kappa shape index (κ1) is 25.3. The molecule has 6 heteroatoms. The number of hydrogen-bond donors (Lipinski definition) is 0. The van der Waals surface area contributed by atoms with Gasteiger partial charge < -0.3 is 9.32 Å². The molecule has 0 atom stereocenters. The predicted octanol–water partition coefficient (Wildman–Crippen LogP) is 7.32. The summed E-state index contributed by atoms with van der Waals surface area (Å²) in [6, 6.07) is 36.8. The van der Waals surface area contributed by atoms with Crippen LogP contribution in [-0.2, 0) is 0 Å². The fraction of sp³-hybridized carbons (Fsp3) is 0.152. The molecule has 4 aromatic carbocycles. The molecule has 2 heterocycles. The van der Waals surface area contributed by atoms with Gasteiger partial charge in [0.25, 0.3) is 5.91 Å². The number of hydrogen-bond acceptors (Lipinski definition) is 4. The molecule has 0 bridgehead atoms. The molecule has 194 valence electrons. The van der Waals surface area contributed by atoms with Crippen LogP contribution in [0.5, 0.6) is 0 Å². The maximum absolute atomic E-state index is 13.8. The Morgan fingerprint density at radius 2 is 1.33 bits per heavy atom. The average Bonchev–Trinajstić information content (AvgIpc) is 3.49. The largest absolute Gasteiger partial charge is 0.436 e.